The first-order valence-corrected chi connectivity index (χ1v) is 7.56. The van der Waals surface area contributed by atoms with E-state index >= 15 is 0 Å². The summed E-state index contributed by atoms with van der Waals surface area (Å²) in [6.45, 7) is 0.746. The monoisotopic (exact) mass is 302 g/mol. The molecule has 0 saturated carbocycles. The third kappa shape index (κ3) is 2.61. The Kier molecular flexibility index (Phi) is 3.39. The Morgan fingerprint density at radius 1 is 0.783 bits per heavy atom. The van der Waals surface area contributed by atoms with Crippen molar-refractivity contribution in [1.29, 1.82) is 0 Å². The lowest BCUT2D eigenvalue weighted by molar-refractivity contribution is 0.627. The number of fused-ring (bicyclic) bond motifs is 1. The summed E-state index contributed by atoms with van der Waals surface area (Å²) in [4.78, 5) is 6.99. The molecular formula is C20H15FN2. The van der Waals surface area contributed by atoms with E-state index in [1.807, 2.05) is 36.4 Å². The van der Waals surface area contributed by atoms with E-state index in [4.69, 9.17) is 4.99 Å². The zero-order chi connectivity index (χ0) is 15.6. The van der Waals surface area contributed by atoms with Crippen LogP contribution in [0.5, 0.6) is 0 Å². The Hall–Kier alpha value is -2.94. The minimum absolute atomic E-state index is 0.239. The lowest BCUT2D eigenvalue weighted by Gasteiger charge is -2.30. The van der Waals surface area contributed by atoms with E-state index in [-0.39, 0.29) is 5.82 Å². The minimum atomic E-state index is -0.239. The molecule has 23 heavy (non-hydrogen) atoms. The first kappa shape index (κ1) is 13.7. The molecule has 0 saturated heterocycles. The van der Waals surface area contributed by atoms with Crippen LogP contribution in [-0.4, -0.2) is 5.84 Å². The molecule has 0 bridgehead atoms. The number of hydrogen-bond donors (Lipinski definition) is 0. The van der Waals surface area contributed by atoms with Gasteiger partial charge in [0.05, 0.1) is 12.2 Å². The van der Waals surface area contributed by atoms with Crippen molar-refractivity contribution in [2.75, 3.05) is 4.90 Å². The highest BCUT2D eigenvalue weighted by atomic mass is 19.1. The molecule has 4 rings (SSSR count). The summed E-state index contributed by atoms with van der Waals surface area (Å²) in [7, 11) is 0. The van der Waals surface area contributed by atoms with Crippen molar-refractivity contribution in [1.82, 2.24) is 0 Å². The molecule has 3 heteroatoms. The van der Waals surface area contributed by atoms with Crippen LogP contribution in [0, 0.1) is 5.82 Å². The number of nitrogens with zero attached hydrogens (tertiary/aromatic N) is 2. The number of amidine groups is 1. The largest absolute Gasteiger partial charge is 0.321 e. The van der Waals surface area contributed by atoms with Crippen LogP contribution in [0.25, 0.3) is 0 Å². The molecule has 1 aliphatic rings. The average Bonchev–Trinajstić information content (AvgIpc) is 2.62. The molecule has 2 nitrogen and oxygen atoms in total. The topological polar surface area (TPSA) is 15.6 Å². The predicted molar refractivity (Wildman–Crippen MR) is 91.7 cm³/mol. The first-order valence-electron chi connectivity index (χ1n) is 7.56. The van der Waals surface area contributed by atoms with Crippen molar-refractivity contribution in [3.63, 3.8) is 0 Å². The number of hydrogen-bond acceptors (Lipinski definition) is 2. The van der Waals surface area contributed by atoms with Gasteiger partial charge in [0, 0.05) is 11.3 Å². The van der Waals surface area contributed by atoms with E-state index in [1.54, 1.807) is 12.1 Å². The van der Waals surface area contributed by atoms with Gasteiger partial charge in [0.2, 0.25) is 0 Å². The van der Waals surface area contributed by atoms with Gasteiger partial charge in [0.25, 0.3) is 0 Å². The van der Waals surface area contributed by atoms with Gasteiger partial charge < -0.3 is 4.90 Å². The molecule has 0 spiro atoms. The van der Waals surface area contributed by atoms with Gasteiger partial charge in [-0.05, 0) is 48.0 Å². The van der Waals surface area contributed by atoms with Crippen LogP contribution in [-0.2, 0) is 6.54 Å². The van der Waals surface area contributed by atoms with Gasteiger partial charge >= 0.3 is 0 Å². The highest BCUT2D eigenvalue weighted by Gasteiger charge is 2.22. The van der Waals surface area contributed by atoms with E-state index in [9.17, 15) is 4.39 Å². The Balaban J connectivity index is 1.86. The minimum Gasteiger partial charge on any atom is -0.321 e. The molecule has 0 radical (unpaired) electrons. The van der Waals surface area contributed by atoms with Gasteiger partial charge in [-0.3, -0.25) is 0 Å². The molecule has 0 aromatic heterocycles. The summed E-state index contributed by atoms with van der Waals surface area (Å²) in [6.07, 6.45) is 0. The zero-order valence-corrected chi connectivity index (χ0v) is 12.5. The van der Waals surface area contributed by atoms with Crippen molar-refractivity contribution < 1.29 is 4.39 Å². The molecule has 0 fully saturated rings. The highest BCUT2D eigenvalue weighted by Crippen LogP contribution is 2.31. The summed E-state index contributed by atoms with van der Waals surface area (Å²) in [5, 5.41) is 0. The molecule has 0 unspecified atom stereocenters. The van der Waals surface area contributed by atoms with Crippen molar-refractivity contribution >= 4 is 17.2 Å². The fourth-order valence-electron chi connectivity index (χ4n) is 2.81. The maximum absolute atomic E-state index is 13.3. The van der Waals surface area contributed by atoms with E-state index in [0.717, 1.165) is 29.3 Å². The molecule has 0 amide bonds. The first-order chi connectivity index (χ1) is 11.3. The molecule has 112 valence electrons. The molecule has 0 aliphatic carbocycles. The molecule has 0 N–H and O–H groups in total. The van der Waals surface area contributed by atoms with Crippen molar-refractivity contribution in [2.24, 2.45) is 4.99 Å². The molecule has 1 aliphatic heterocycles. The van der Waals surface area contributed by atoms with Crippen LogP contribution in [0.2, 0.25) is 0 Å². The van der Waals surface area contributed by atoms with Gasteiger partial charge in [-0.15, -0.1) is 0 Å². The Labute approximate surface area is 134 Å². The van der Waals surface area contributed by atoms with Gasteiger partial charge in [0.1, 0.15) is 11.7 Å². The Morgan fingerprint density at radius 2 is 1.48 bits per heavy atom. The van der Waals surface area contributed by atoms with Crippen LogP contribution < -0.4 is 4.90 Å². The standard InChI is InChI=1S/C20H15FN2/c21-17-12-10-15(11-13-17)20-22-19-9-5-4-6-16(19)14-23(20)18-7-2-1-3-8-18/h1-13H,14H2. The van der Waals surface area contributed by atoms with Gasteiger partial charge in [0.15, 0.2) is 0 Å². The summed E-state index contributed by atoms with van der Waals surface area (Å²) in [5.41, 5.74) is 4.14. The second-order valence-corrected chi connectivity index (χ2v) is 5.49. The fraction of sp³-hybridized carbons (Fsp3) is 0.0500. The van der Waals surface area contributed by atoms with Crippen LogP contribution in [0.15, 0.2) is 83.9 Å². The number of aliphatic imine (C=N–C) groups is 1. The molecule has 3 aromatic rings. The zero-order valence-electron chi connectivity index (χ0n) is 12.5. The van der Waals surface area contributed by atoms with Crippen molar-refractivity contribution in [3.8, 4) is 0 Å². The second-order valence-electron chi connectivity index (χ2n) is 5.49. The number of para-hydroxylation sites is 2. The van der Waals surface area contributed by atoms with Crippen LogP contribution in [0.3, 0.4) is 0 Å². The van der Waals surface area contributed by atoms with Crippen LogP contribution >= 0.6 is 0 Å². The van der Waals surface area contributed by atoms with Crippen LogP contribution in [0.1, 0.15) is 11.1 Å². The van der Waals surface area contributed by atoms with Crippen molar-refractivity contribution in [2.45, 2.75) is 6.54 Å². The maximum atomic E-state index is 13.3. The molecule has 1 heterocycles. The summed E-state index contributed by atoms with van der Waals surface area (Å²) in [5.74, 6) is 0.603. The fourth-order valence-corrected chi connectivity index (χ4v) is 2.81. The summed E-state index contributed by atoms with van der Waals surface area (Å²) >= 11 is 0. The third-order valence-corrected chi connectivity index (χ3v) is 3.97. The van der Waals surface area contributed by atoms with E-state index < -0.39 is 0 Å². The number of anilines is 1. The quantitative estimate of drug-likeness (QED) is 0.655. The molecular weight excluding hydrogens is 287 g/mol. The number of halogens is 1. The van der Waals surface area contributed by atoms with E-state index in [1.165, 1.54) is 17.7 Å². The normalized spacial score (nSPS) is 13.4. The van der Waals surface area contributed by atoms with E-state index in [0.29, 0.717) is 0 Å². The lowest BCUT2D eigenvalue weighted by Crippen LogP contribution is -2.33. The average molecular weight is 302 g/mol. The Morgan fingerprint density at radius 3 is 2.26 bits per heavy atom. The third-order valence-electron chi connectivity index (χ3n) is 3.97. The molecule has 3 aromatic carbocycles. The summed E-state index contributed by atoms with van der Waals surface area (Å²) in [6, 6.07) is 24.8. The van der Waals surface area contributed by atoms with E-state index in [2.05, 4.69) is 23.1 Å². The SMILES string of the molecule is Fc1ccc(C2=Nc3ccccc3CN2c2ccccc2)cc1. The maximum Gasteiger partial charge on any atom is 0.141 e. The molecule has 0 atom stereocenters. The van der Waals surface area contributed by atoms with Crippen LogP contribution in [0.4, 0.5) is 15.8 Å². The van der Waals surface area contributed by atoms with Gasteiger partial charge in [-0.1, -0.05) is 36.4 Å². The Bertz CT molecular complexity index is 854. The summed E-state index contributed by atoms with van der Waals surface area (Å²) < 4.78 is 13.3. The second kappa shape index (κ2) is 5.69. The number of rotatable bonds is 2. The number of benzene rings is 3. The van der Waals surface area contributed by atoms with Gasteiger partial charge in [-0.25, -0.2) is 9.38 Å². The highest BCUT2D eigenvalue weighted by molar-refractivity contribution is 6.12. The predicted octanol–water partition coefficient (Wildman–Crippen LogP) is 4.92. The van der Waals surface area contributed by atoms with Gasteiger partial charge in [-0.2, -0.15) is 0 Å². The van der Waals surface area contributed by atoms with Crippen molar-refractivity contribution in [3.05, 3.63) is 95.8 Å². The smallest absolute Gasteiger partial charge is 0.141 e. The lowest BCUT2D eigenvalue weighted by atomic mass is 10.1.